The molecule has 1 aromatic heterocycles. The van der Waals surface area contributed by atoms with Crippen LogP contribution in [0.4, 0.5) is 5.95 Å². The standard InChI is InChI=1S/C19H29N5O2/c25-18(20-10-11-24-12-14-26-15-13-24)17-7-9-22-19(23-17)21-8-6-16-4-2-1-3-5-16/h4,7,9H,1-3,5-6,8,10-15H2,(H,20,25)(H,21,22,23). The lowest BCUT2D eigenvalue weighted by molar-refractivity contribution is 0.0383. The Labute approximate surface area is 155 Å². The number of morpholine rings is 1. The molecule has 0 bridgehead atoms. The number of allylic oxidation sites excluding steroid dienone is 1. The molecule has 0 aromatic carbocycles. The summed E-state index contributed by atoms with van der Waals surface area (Å²) >= 11 is 0. The third-order valence-corrected chi connectivity index (χ3v) is 4.82. The van der Waals surface area contributed by atoms with E-state index in [0.717, 1.165) is 45.8 Å². The largest absolute Gasteiger partial charge is 0.379 e. The van der Waals surface area contributed by atoms with Crippen molar-refractivity contribution >= 4 is 11.9 Å². The maximum Gasteiger partial charge on any atom is 0.270 e. The highest BCUT2D eigenvalue weighted by molar-refractivity contribution is 5.92. The summed E-state index contributed by atoms with van der Waals surface area (Å²) in [5, 5.41) is 6.16. The van der Waals surface area contributed by atoms with Gasteiger partial charge in [-0.25, -0.2) is 9.97 Å². The number of carbonyl (C=O) groups is 1. The van der Waals surface area contributed by atoms with Crippen LogP contribution in [-0.4, -0.2) is 66.7 Å². The second-order valence-corrected chi connectivity index (χ2v) is 6.76. The summed E-state index contributed by atoms with van der Waals surface area (Å²) < 4.78 is 5.32. The lowest BCUT2D eigenvalue weighted by atomic mass is 9.97. The number of aromatic nitrogens is 2. The van der Waals surface area contributed by atoms with Crippen LogP contribution in [0.5, 0.6) is 0 Å². The zero-order valence-corrected chi connectivity index (χ0v) is 15.4. The van der Waals surface area contributed by atoms with Gasteiger partial charge in [0, 0.05) is 38.9 Å². The molecule has 1 aliphatic carbocycles. The third-order valence-electron chi connectivity index (χ3n) is 4.82. The predicted molar refractivity (Wildman–Crippen MR) is 101 cm³/mol. The molecule has 0 radical (unpaired) electrons. The summed E-state index contributed by atoms with van der Waals surface area (Å²) in [6, 6.07) is 1.65. The van der Waals surface area contributed by atoms with Crippen LogP contribution in [0.15, 0.2) is 23.9 Å². The van der Waals surface area contributed by atoms with Crippen molar-refractivity contribution in [3.63, 3.8) is 0 Å². The highest BCUT2D eigenvalue weighted by Gasteiger charge is 2.12. The van der Waals surface area contributed by atoms with Gasteiger partial charge in [-0.05, 0) is 38.2 Å². The number of anilines is 1. The maximum atomic E-state index is 12.3. The highest BCUT2D eigenvalue weighted by Crippen LogP contribution is 2.19. The van der Waals surface area contributed by atoms with Crippen LogP contribution >= 0.6 is 0 Å². The quantitative estimate of drug-likeness (QED) is 0.690. The van der Waals surface area contributed by atoms with E-state index in [1.165, 1.54) is 31.3 Å². The van der Waals surface area contributed by atoms with Gasteiger partial charge >= 0.3 is 0 Å². The normalized spacial score (nSPS) is 18.2. The van der Waals surface area contributed by atoms with Crippen molar-refractivity contribution in [1.29, 1.82) is 0 Å². The molecule has 26 heavy (non-hydrogen) atoms. The Bertz CT molecular complexity index is 614. The van der Waals surface area contributed by atoms with Gasteiger partial charge in [-0.2, -0.15) is 0 Å². The molecule has 1 aromatic rings. The number of carbonyl (C=O) groups excluding carboxylic acids is 1. The molecule has 2 aliphatic rings. The van der Waals surface area contributed by atoms with Crippen LogP contribution in [0, 0.1) is 0 Å². The Morgan fingerprint density at radius 3 is 2.92 bits per heavy atom. The van der Waals surface area contributed by atoms with Gasteiger partial charge in [0.25, 0.3) is 5.91 Å². The van der Waals surface area contributed by atoms with Crippen molar-refractivity contribution in [3.8, 4) is 0 Å². The molecule has 1 fully saturated rings. The van der Waals surface area contributed by atoms with Crippen molar-refractivity contribution in [3.05, 3.63) is 29.6 Å². The first-order valence-corrected chi connectivity index (χ1v) is 9.64. The Hall–Kier alpha value is -1.99. The molecule has 1 aliphatic heterocycles. The van der Waals surface area contributed by atoms with Crippen LogP contribution in [-0.2, 0) is 4.74 Å². The van der Waals surface area contributed by atoms with E-state index in [4.69, 9.17) is 4.74 Å². The zero-order valence-electron chi connectivity index (χ0n) is 15.4. The first-order valence-electron chi connectivity index (χ1n) is 9.64. The van der Waals surface area contributed by atoms with E-state index in [1.807, 2.05) is 0 Å². The first-order chi connectivity index (χ1) is 12.8. The SMILES string of the molecule is O=C(NCCN1CCOCC1)c1ccnc(NCCC2=CCCCC2)n1. The van der Waals surface area contributed by atoms with Crippen molar-refractivity contribution in [1.82, 2.24) is 20.2 Å². The average Bonchev–Trinajstić information content (AvgIpc) is 2.70. The van der Waals surface area contributed by atoms with E-state index < -0.39 is 0 Å². The summed E-state index contributed by atoms with van der Waals surface area (Å²) in [6.07, 6.45) is 10.0. The van der Waals surface area contributed by atoms with Crippen LogP contribution in [0.2, 0.25) is 0 Å². The molecule has 0 spiro atoms. The van der Waals surface area contributed by atoms with Crippen molar-refractivity contribution in [2.24, 2.45) is 0 Å². The number of amides is 1. The van der Waals surface area contributed by atoms with Gasteiger partial charge < -0.3 is 15.4 Å². The van der Waals surface area contributed by atoms with E-state index in [9.17, 15) is 4.79 Å². The third kappa shape index (κ3) is 6.07. The summed E-state index contributed by atoms with van der Waals surface area (Å²) in [5.41, 5.74) is 1.92. The molecular weight excluding hydrogens is 330 g/mol. The van der Waals surface area contributed by atoms with Crippen molar-refractivity contribution in [2.45, 2.75) is 32.1 Å². The Morgan fingerprint density at radius 2 is 2.12 bits per heavy atom. The van der Waals surface area contributed by atoms with E-state index in [1.54, 1.807) is 12.3 Å². The van der Waals surface area contributed by atoms with Crippen molar-refractivity contribution < 1.29 is 9.53 Å². The van der Waals surface area contributed by atoms with Crippen LogP contribution in [0.3, 0.4) is 0 Å². The molecule has 142 valence electrons. The maximum absolute atomic E-state index is 12.3. The van der Waals surface area contributed by atoms with E-state index in [2.05, 4.69) is 31.6 Å². The first kappa shape index (κ1) is 18.8. The minimum absolute atomic E-state index is 0.154. The molecular formula is C19H29N5O2. The van der Waals surface area contributed by atoms with Gasteiger partial charge in [-0.15, -0.1) is 0 Å². The molecule has 1 saturated heterocycles. The fourth-order valence-electron chi connectivity index (χ4n) is 3.28. The van der Waals surface area contributed by atoms with E-state index in [0.29, 0.717) is 18.2 Å². The smallest absolute Gasteiger partial charge is 0.270 e. The fraction of sp³-hybridized carbons (Fsp3) is 0.632. The van der Waals surface area contributed by atoms with Crippen LogP contribution < -0.4 is 10.6 Å². The van der Waals surface area contributed by atoms with Crippen LogP contribution in [0.25, 0.3) is 0 Å². The second kappa shape index (κ2) is 10.2. The summed E-state index contributed by atoms with van der Waals surface area (Å²) in [7, 11) is 0. The second-order valence-electron chi connectivity index (χ2n) is 6.76. The number of ether oxygens (including phenoxy) is 1. The summed E-state index contributed by atoms with van der Waals surface area (Å²) in [6.45, 7) is 5.63. The van der Waals surface area contributed by atoms with Crippen molar-refractivity contribution in [2.75, 3.05) is 51.3 Å². The number of nitrogens with zero attached hydrogens (tertiary/aromatic N) is 3. The lowest BCUT2D eigenvalue weighted by Gasteiger charge is -2.26. The number of hydrogen-bond acceptors (Lipinski definition) is 6. The molecule has 0 saturated carbocycles. The van der Waals surface area contributed by atoms with E-state index >= 15 is 0 Å². The molecule has 0 atom stereocenters. The monoisotopic (exact) mass is 359 g/mol. The minimum Gasteiger partial charge on any atom is -0.379 e. The molecule has 2 N–H and O–H groups in total. The van der Waals surface area contributed by atoms with Crippen LogP contribution in [0.1, 0.15) is 42.6 Å². The highest BCUT2D eigenvalue weighted by atomic mass is 16.5. The molecule has 3 rings (SSSR count). The number of rotatable bonds is 8. The Kier molecular flexibility index (Phi) is 7.39. The molecule has 7 heteroatoms. The topological polar surface area (TPSA) is 79.4 Å². The Morgan fingerprint density at radius 1 is 1.23 bits per heavy atom. The average molecular weight is 359 g/mol. The molecule has 7 nitrogen and oxygen atoms in total. The van der Waals surface area contributed by atoms with Gasteiger partial charge in [0.05, 0.1) is 13.2 Å². The molecule has 0 unspecified atom stereocenters. The molecule has 2 heterocycles. The number of hydrogen-bond donors (Lipinski definition) is 2. The van der Waals surface area contributed by atoms with Gasteiger partial charge in [0.1, 0.15) is 5.69 Å². The number of nitrogens with one attached hydrogen (secondary N) is 2. The predicted octanol–water partition coefficient (Wildman–Crippen LogP) is 1.84. The van der Waals surface area contributed by atoms with Gasteiger partial charge in [-0.1, -0.05) is 11.6 Å². The molecule has 1 amide bonds. The lowest BCUT2D eigenvalue weighted by Crippen LogP contribution is -2.41. The Balaban J connectivity index is 1.40. The fourth-order valence-corrected chi connectivity index (χ4v) is 3.28. The van der Waals surface area contributed by atoms with Gasteiger partial charge in [0.2, 0.25) is 5.95 Å². The zero-order chi connectivity index (χ0) is 18.0. The summed E-state index contributed by atoms with van der Waals surface area (Å²) in [4.78, 5) is 23.1. The van der Waals surface area contributed by atoms with Gasteiger partial charge in [-0.3, -0.25) is 9.69 Å². The summed E-state index contributed by atoms with van der Waals surface area (Å²) in [5.74, 6) is 0.362. The minimum atomic E-state index is -0.154. The van der Waals surface area contributed by atoms with Gasteiger partial charge in [0.15, 0.2) is 0 Å². The van der Waals surface area contributed by atoms with E-state index in [-0.39, 0.29) is 5.91 Å².